The smallest absolute Gasteiger partial charge is 0.146 e. The Labute approximate surface area is 103 Å². The van der Waals surface area contributed by atoms with Gasteiger partial charge in [0.05, 0.1) is 16.7 Å². The van der Waals surface area contributed by atoms with Crippen LogP contribution in [0.3, 0.4) is 0 Å². The minimum absolute atomic E-state index is 0.322. The van der Waals surface area contributed by atoms with E-state index in [0.717, 1.165) is 10.7 Å². The molecule has 2 heterocycles. The molecule has 0 amide bonds. The third kappa shape index (κ3) is 2.85. The summed E-state index contributed by atoms with van der Waals surface area (Å²) in [5.41, 5.74) is 3.86. The van der Waals surface area contributed by atoms with Gasteiger partial charge >= 0.3 is 0 Å². The van der Waals surface area contributed by atoms with E-state index >= 15 is 0 Å². The third-order valence-corrected chi connectivity index (χ3v) is 3.35. The summed E-state index contributed by atoms with van der Waals surface area (Å²) in [4.78, 5) is 8.34. The van der Waals surface area contributed by atoms with E-state index in [4.69, 9.17) is 5.84 Å². The summed E-state index contributed by atoms with van der Waals surface area (Å²) in [5, 5.41) is 2.87. The number of nitrogens with one attached hydrogen (secondary N) is 1. The summed E-state index contributed by atoms with van der Waals surface area (Å²) in [6.45, 7) is 1.92. The molecule has 0 fully saturated rings. The lowest BCUT2D eigenvalue weighted by Crippen LogP contribution is -2.31. The Balaban J connectivity index is 2.20. The van der Waals surface area contributed by atoms with Crippen molar-refractivity contribution in [3.05, 3.63) is 45.9 Å². The van der Waals surface area contributed by atoms with Crippen molar-refractivity contribution >= 4 is 11.3 Å². The van der Waals surface area contributed by atoms with Crippen LogP contribution in [0.4, 0.5) is 4.39 Å². The van der Waals surface area contributed by atoms with Crippen molar-refractivity contribution in [2.24, 2.45) is 5.84 Å². The van der Waals surface area contributed by atoms with E-state index < -0.39 is 0 Å². The molecule has 2 aromatic rings. The summed E-state index contributed by atoms with van der Waals surface area (Å²) in [6.07, 6.45) is 2.08. The molecule has 6 heteroatoms. The summed E-state index contributed by atoms with van der Waals surface area (Å²) in [7, 11) is 0. The zero-order valence-electron chi connectivity index (χ0n) is 9.35. The minimum Gasteiger partial charge on any atom is -0.271 e. The van der Waals surface area contributed by atoms with Crippen LogP contribution in [-0.4, -0.2) is 9.97 Å². The van der Waals surface area contributed by atoms with Crippen LogP contribution in [0.15, 0.2) is 23.7 Å². The van der Waals surface area contributed by atoms with E-state index in [1.165, 1.54) is 17.4 Å². The molecular weight excluding hydrogens is 239 g/mol. The van der Waals surface area contributed by atoms with Crippen LogP contribution in [0.25, 0.3) is 0 Å². The van der Waals surface area contributed by atoms with Gasteiger partial charge in [-0.15, -0.1) is 11.3 Å². The molecule has 4 nitrogen and oxygen atoms in total. The van der Waals surface area contributed by atoms with Gasteiger partial charge in [0.15, 0.2) is 0 Å². The second-order valence-corrected chi connectivity index (χ2v) is 4.62. The van der Waals surface area contributed by atoms with Crippen molar-refractivity contribution in [2.75, 3.05) is 0 Å². The number of thiazole rings is 1. The molecule has 17 heavy (non-hydrogen) atoms. The Hall–Kier alpha value is -1.37. The first kappa shape index (κ1) is 12.1. The first-order valence-electron chi connectivity index (χ1n) is 5.18. The lowest BCUT2D eigenvalue weighted by molar-refractivity contribution is 0.494. The molecule has 0 spiro atoms. The number of hydrogen-bond donors (Lipinski definition) is 2. The Kier molecular flexibility index (Phi) is 3.78. The average molecular weight is 252 g/mol. The molecule has 0 saturated heterocycles. The number of hydrogen-bond acceptors (Lipinski definition) is 5. The fourth-order valence-corrected chi connectivity index (χ4v) is 2.38. The van der Waals surface area contributed by atoms with E-state index in [9.17, 15) is 4.39 Å². The zero-order valence-corrected chi connectivity index (χ0v) is 10.2. The highest BCUT2D eigenvalue weighted by atomic mass is 32.1. The largest absolute Gasteiger partial charge is 0.271 e. The summed E-state index contributed by atoms with van der Waals surface area (Å²) in [5.74, 6) is 5.09. The standard InChI is InChI=1S/C11H13FN4S/c1-7-6-17-10(15-7)5-9(16-13)11-8(12)3-2-4-14-11/h2-4,6,9,16H,5,13H2,1H3. The van der Waals surface area contributed by atoms with Crippen molar-refractivity contribution in [2.45, 2.75) is 19.4 Å². The molecule has 1 atom stereocenters. The molecule has 3 N–H and O–H groups in total. The predicted octanol–water partition coefficient (Wildman–Crippen LogP) is 1.73. The van der Waals surface area contributed by atoms with Crippen molar-refractivity contribution in [1.82, 2.24) is 15.4 Å². The Morgan fingerprint density at radius 2 is 2.41 bits per heavy atom. The van der Waals surface area contributed by atoms with Gasteiger partial charge in [0.25, 0.3) is 0 Å². The molecule has 0 saturated carbocycles. The average Bonchev–Trinajstić information content (AvgIpc) is 2.73. The van der Waals surface area contributed by atoms with Gasteiger partial charge in [-0.1, -0.05) is 0 Å². The van der Waals surface area contributed by atoms with Crippen molar-refractivity contribution in [3.8, 4) is 0 Å². The molecular formula is C11H13FN4S. The quantitative estimate of drug-likeness (QED) is 0.642. The second-order valence-electron chi connectivity index (χ2n) is 3.68. The molecule has 0 aromatic carbocycles. The van der Waals surface area contributed by atoms with Crippen molar-refractivity contribution in [3.63, 3.8) is 0 Å². The van der Waals surface area contributed by atoms with E-state index in [1.54, 1.807) is 12.3 Å². The van der Waals surface area contributed by atoms with Crippen LogP contribution in [0.5, 0.6) is 0 Å². The molecule has 2 rings (SSSR count). The van der Waals surface area contributed by atoms with Crippen LogP contribution in [0.2, 0.25) is 0 Å². The van der Waals surface area contributed by atoms with Gasteiger partial charge in [0.2, 0.25) is 0 Å². The number of halogens is 1. The van der Waals surface area contributed by atoms with E-state index in [-0.39, 0.29) is 11.9 Å². The maximum Gasteiger partial charge on any atom is 0.146 e. The lowest BCUT2D eigenvalue weighted by Gasteiger charge is -2.14. The van der Waals surface area contributed by atoms with Gasteiger partial charge in [-0.05, 0) is 19.1 Å². The zero-order chi connectivity index (χ0) is 12.3. The molecule has 0 aliphatic carbocycles. The molecule has 0 bridgehead atoms. The predicted molar refractivity (Wildman–Crippen MR) is 64.8 cm³/mol. The summed E-state index contributed by atoms with van der Waals surface area (Å²) >= 11 is 1.54. The van der Waals surface area contributed by atoms with Gasteiger partial charge < -0.3 is 0 Å². The maximum absolute atomic E-state index is 13.6. The highest BCUT2D eigenvalue weighted by molar-refractivity contribution is 7.09. The Bertz CT molecular complexity index is 500. The summed E-state index contributed by atoms with van der Waals surface area (Å²) in [6, 6.07) is 2.57. The van der Waals surface area contributed by atoms with Gasteiger partial charge in [-0.2, -0.15) is 0 Å². The first-order chi connectivity index (χ1) is 8.20. The normalized spacial score (nSPS) is 12.6. The second kappa shape index (κ2) is 5.31. The van der Waals surface area contributed by atoms with E-state index in [0.29, 0.717) is 12.1 Å². The highest BCUT2D eigenvalue weighted by Crippen LogP contribution is 2.20. The van der Waals surface area contributed by atoms with E-state index in [2.05, 4.69) is 15.4 Å². The van der Waals surface area contributed by atoms with Crippen molar-refractivity contribution < 1.29 is 4.39 Å². The third-order valence-electron chi connectivity index (χ3n) is 2.36. The van der Waals surface area contributed by atoms with Crippen molar-refractivity contribution in [1.29, 1.82) is 0 Å². The molecule has 0 aliphatic rings. The Morgan fingerprint density at radius 1 is 1.59 bits per heavy atom. The van der Waals surface area contributed by atoms with Crippen LogP contribution in [0, 0.1) is 12.7 Å². The number of rotatable bonds is 4. The molecule has 2 aromatic heterocycles. The lowest BCUT2D eigenvalue weighted by atomic mass is 10.1. The Morgan fingerprint density at radius 3 is 3.00 bits per heavy atom. The number of nitrogens with zero attached hydrogens (tertiary/aromatic N) is 2. The highest BCUT2D eigenvalue weighted by Gasteiger charge is 2.17. The number of nitrogens with two attached hydrogens (primary N) is 1. The minimum atomic E-state index is -0.359. The van der Waals surface area contributed by atoms with Crippen LogP contribution < -0.4 is 11.3 Å². The van der Waals surface area contributed by atoms with Gasteiger partial charge in [0, 0.05) is 23.7 Å². The molecule has 0 aliphatic heterocycles. The van der Waals surface area contributed by atoms with Gasteiger partial charge in [-0.25, -0.2) is 9.37 Å². The van der Waals surface area contributed by atoms with Gasteiger partial charge in [0.1, 0.15) is 5.82 Å². The monoisotopic (exact) mass is 252 g/mol. The molecule has 90 valence electrons. The topological polar surface area (TPSA) is 63.8 Å². The van der Waals surface area contributed by atoms with Gasteiger partial charge in [-0.3, -0.25) is 16.3 Å². The fourth-order valence-electron chi connectivity index (χ4n) is 1.56. The van der Waals surface area contributed by atoms with Crippen LogP contribution in [-0.2, 0) is 6.42 Å². The maximum atomic E-state index is 13.6. The molecule has 0 radical (unpaired) electrons. The van der Waals surface area contributed by atoms with E-state index in [1.807, 2.05) is 12.3 Å². The SMILES string of the molecule is Cc1csc(CC(NN)c2ncccc2F)n1. The fraction of sp³-hybridized carbons (Fsp3) is 0.273. The number of aromatic nitrogens is 2. The molecule has 1 unspecified atom stereocenters. The van der Waals surface area contributed by atoms with Crippen LogP contribution in [0.1, 0.15) is 22.4 Å². The van der Waals surface area contributed by atoms with Crippen LogP contribution >= 0.6 is 11.3 Å². The first-order valence-corrected chi connectivity index (χ1v) is 6.06. The summed E-state index contributed by atoms with van der Waals surface area (Å²) < 4.78 is 13.6. The number of pyridine rings is 1. The number of hydrazine groups is 1. The number of aryl methyl sites for hydroxylation is 1.